The first kappa shape index (κ1) is 21.4. The molecule has 1 saturated heterocycles. The van der Waals surface area contributed by atoms with Crippen LogP contribution in [0.5, 0.6) is 0 Å². The molecule has 3 aromatic rings. The lowest BCUT2D eigenvalue weighted by atomic mass is 9.78. The second kappa shape index (κ2) is 8.46. The van der Waals surface area contributed by atoms with E-state index in [1.54, 1.807) is 54.6 Å². The number of para-hydroxylation sites is 2. The molecule has 0 saturated carbocycles. The highest BCUT2D eigenvalue weighted by Gasteiger charge is 2.64. The van der Waals surface area contributed by atoms with Crippen LogP contribution in [0.2, 0.25) is 0 Å². The molecule has 0 aromatic heterocycles. The van der Waals surface area contributed by atoms with Gasteiger partial charge in [-0.15, -0.1) is 0 Å². The third-order valence-corrected chi connectivity index (χ3v) is 6.83. The summed E-state index contributed by atoms with van der Waals surface area (Å²) >= 11 is 1.07. The Kier molecular flexibility index (Phi) is 5.32. The minimum atomic E-state index is -2.07. The molecule has 2 aliphatic heterocycles. The standard InChI is InChI=1S/C26H17N5O2S/c27-16-20-21(17-10-4-1-5-11-17)34-24(29-18-12-6-2-7-13-18)26(22(20)28)23(32)30-31(25(26)33)19-14-8-3-9-15-19/h1-15,28H,(H,30,32). The maximum atomic E-state index is 13.9. The smallest absolute Gasteiger partial charge is 0.274 e. The zero-order valence-electron chi connectivity index (χ0n) is 17.7. The molecule has 7 nitrogen and oxygen atoms in total. The highest BCUT2D eigenvalue weighted by molar-refractivity contribution is 8.22. The Labute approximate surface area is 199 Å². The van der Waals surface area contributed by atoms with Gasteiger partial charge in [0.25, 0.3) is 11.8 Å². The summed E-state index contributed by atoms with van der Waals surface area (Å²) in [5.41, 5.74) is 1.81. The van der Waals surface area contributed by atoms with Crippen molar-refractivity contribution >= 4 is 50.6 Å². The van der Waals surface area contributed by atoms with E-state index in [1.165, 1.54) is 0 Å². The van der Waals surface area contributed by atoms with Gasteiger partial charge in [-0.25, -0.2) is 10.0 Å². The number of carbonyl (C=O) groups is 2. The number of benzene rings is 3. The maximum absolute atomic E-state index is 13.9. The van der Waals surface area contributed by atoms with Crippen molar-refractivity contribution in [3.63, 3.8) is 0 Å². The molecular weight excluding hydrogens is 446 g/mol. The van der Waals surface area contributed by atoms with E-state index in [-0.39, 0.29) is 16.3 Å². The van der Waals surface area contributed by atoms with Gasteiger partial charge in [-0.05, 0) is 29.8 Å². The van der Waals surface area contributed by atoms with Gasteiger partial charge in [0.2, 0.25) is 5.41 Å². The van der Waals surface area contributed by atoms with Crippen LogP contribution in [-0.2, 0) is 9.59 Å². The normalized spacial score (nSPS) is 21.2. The number of aliphatic imine (C=N–C) groups is 1. The van der Waals surface area contributed by atoms with E-state index < -0.39 is 17.2 Å². The first-order valence-electron chi connectivity index (χ1n) is 10.4. The molecule has 2 heterocycles. The SMILES string of the molecule is N#CC1=C(c2ccccc2)SC(=Nc2ccccc2)C2(C1=N)C(=O)NN(c1ccccc1)C2=O. The van der Waals surface area contributed by atoms with E-state index in [4.69, 9.17) is 5.41 Å². The summed E-state index contributed by atoms with van der Waals surface area (Å²) in [6.45, 7) is 0. The number of nitrogens with zero attached hydrogens (tertiary/aromatic N) is 3. The molecule has 2 N–H and O–H groups in total. The summed E-state index contributed by atoms with van der Waals surface area (Å²) in [6, 6.07) is 28.8. The van der Waals surface area contributed by atoms with Gasteiger partial charge in [0.15, 0.2) is 0 Å². The van der Waals surface area contributed by atoms with E-state index >= 15 is 0 Å². The van der Waals surface area contributed by atoms with Crippen LogP contribution < -0.4 is 10.4 Å². The molecule has 1 unspecified atom stereocenters. The molecule has 1 atom stereocenters. The van der Waals surface area contributed by atoms with Crippen molar-refractivity contribution in [3.05, 3.63) is 102 Å². The van der Waals surface area contributed by atoms with Crippen LogP contribution in [0.15, 0.2) is 102 Å². The molecule has 0 aliphatic carbocycles. The predicted octanol–water partition coefficient (Wildman–Crippen LogP) is 4.48. The van der Waals surface area contributed by atoms with Gasteiger partial charge in [-0.3, -0.25) is 15.0 Å². The lowest BCUT2D eigenvalue weighted by molar-refractivity contribution is -0.127. The largest absolute Gasteiger partial charge is 0.302 e. The molecule has 0 radical (unpaired) electrons. The zero-order chi connectivity index (χ0) is 23.7. The zero-order valence-corrected chi connectivity index (χ0v) is 18.5. The molecule has 2 aliphatic rings. The number of carbonyl (C=O) groups excluding carboxylic acids is 2. The fourth-order valence-electron chi connectivity index (χ4n) is 3.93. The second-order valence-electron chi connectivity index (χ2n) is 7.58. The number of rotatable bonds is 3. The van der Waals surface area contributed by atoms with Gasteiger partial charge in [0.1, 0.15) is 11.1 Å². The number of hydrogen-bond donors (Lipinski definition) is 2. The average Bonchev–Trinajstić information content (AvgIpc) is 3.14. The van der Waals surface area contributed by atoms with Crippen LogP contribution in [0.3, 0.4) is 0 Å². The Balaban J connectivity index is 1.75. The van der Waals surface area contributed by atoms with E-state index in [0.29, 0.717) is 21.8 Å². The Morgan fingerprint density at radius 2 is 1.50 bits per heavy atom. The Morgan fingerprint density at radius 1 is 0.912 bits per heavy atom. The van der Waals surface area contributed by atoms with Gasteiger partial charge in [-0.2, -0.15) is 5.26 Å². The van der Waals surface area contributed by atoms with Gasteiger partial charge in [0, 0.05) is 4.91 Å². The topological polar surface area (TPSA) is 109 Å². The Bertz CT molecular complexity index is 1410. The first-order valence-corrected chi connectivity index (χ1v) is 11.2. The lowest BCUT2D eigenvalue weighted by Gasteiger charge is -2.31. The molecule has 3 aromatic carbocycles. The van der Waals surface area contributed by atoms with Gasteiger partial charge in [0.05, 0.1) is 22.7 Å². The molecule has 1 fully saturated rings. The number of anilines is 1. The van der Waals surface area contributed by atoms with Crippen molar-refractivity contribution in [3.8, 4) is 6.07 Å². The summed E-state index contributed by atoms with van der Waals surface area (Å²) in [6.07, 6.45) is 0. The van der Waals surface area contributed by atoms with Crippen LogP contribution in [0.4, 0.5) is 11.4 Å². The van der Waals surface area contributed by atoms with Crippen LogP contribution in [0.25, 0.3) is 4.91 Å². The van der Waals surface area contributed by atoms with Gasteiger partial charge >= 0.3 is 0 Å². The summed E-state index contributed by atoms with van der Waals surface area (Å²) < 4.78 is 0. The Morgan fingerprint density at radius 3 is 2.12 bits per heavy atom. The molecule has 8 heteroatoms. The number of hydrogen-bond acceptors (Lipinski definition) is 6. The van der Waals surface area contributed by atoms with Crippen molar-refractivity contribution in [1.29, 1.82) is 10.7 Å². The van der Waals surface area contributed by atoms with E-state index in [2.05, 4.69) is 16.5 Å². The van der Waals surface area contributed by atoms with Crippen molar-refractivity contribution in [1.82, 2.24) is 5.43 Å². The third kappa shape index (κ3) is 3.22. The number of allylic oxidation sites excluding steroid dienone is 1. The quantitative estimate of drug-likeness (QED) is 0.558. The van der Waals surface area contributed by atoms with Crippen LogP contribution in [0, 0.1) is 22.2 Å². The Hall–Kier alpha value is -4.48. The molecule has 34 heavy (non-hydrogen) atoms. The summed E-state index contributed by atoms with van der Waals surface area (Å²) in [4.78, 5) is 32.5. The first-order chi connectivity index (χ1) is 16.6. The predicted molar refractivity (Wildman–Crippen MR) is 132 cm³/mol. The number of hydrazine groups is 1. The second-order valence-corrected chi connectivity index (χ2v) is 8.58. The van der Waals surface area contributed by atoms with Crippen molar-refractivity contribution in [2.45, 2.75) is 0 Å². The van der Waals surface area contributed by atoms with E-state index in [0.717, 1.165) is 16.8 Å². The number of nitriles is 1. The maximum Gasteiger partial charge on any atom is 0.274 e. The summed E-state index contributed by atoms with van der Waals surface area (Å²) in [5.74, 6) is -1.39. The van der Waals surface area contributed by atoms with Gasteiger partial charge < -0.3 is 5.41 Å². The van der Waals surface area contributed by atoms with Crippen molar-refractivity contribution in [2.24, 2.45) is 10.4 Å². The number of amides is 2. The molecule has 5 rings (SSSR count). The van der Waals surface area contributed by atoms with Crippen molar-refractivity contribution in [2.75, 3.05) is 5.01 Å². The number of thioether (sulfide) groups is 1. The monoisotopic (exact) mass is 463 g/mol. The number of nitrogens with one attached hydrogen (secondary N) is 2. The van der Waals surface area contributed by atoms with E-state index in [9.17, 15) is 14.9 Å². The van der Waals surface area contributed by atoms with Crippen LogP contribution in [0.1, 0.15) is 5.56 Å². The molecule has 0 bridgehead atoms. The minimum Gasteiger partial charge on any atom is -0.302 e. The van der Waals surface area contributed by atoms with Crippen LogP contribution >= 0.6 is 11.8 Å². The highest BCUT2D eigenvalue weighted by Crippen LogP contribution is 2.49. The summed E-state index contributed by atoms with van der Waals surface area (Å²) in [5, 5.41) is 20.3. The lowest BCUT2D eigenvalue weighted by Crippen LogP contribution is -2.51. The minimum absolute atomic E-state index is 0.0263. The van der Waals surface area contributed by atoms with E-state index in [1.807, 2.05) is 36.4 Å². The van der Waals surface area contributed by atoms with Crippen LogP contribution in [-0.4, -0.2) is 22.6 Å². The molecule has 164 valence electrons. The van der Waals surface area contributed by atoms with Crippen molar-refractivity contribution < 1.29 is 9.59 Å². The highest BCUT2D eigenvalue weighted by atomic mass is 32.2. The molecule has 2 amide bonds. The van der Waals surface area contributed by atoms with Gasteiger partial charge in [-0.1, -0.05) is 78.5 Å². The molecule has 1 spiro atoms. The third-order valence-electron chi connectivity index (χ3n) is 5.60. The fraction of sp³-hybridized carbons (Fsp3) is 0.0385. The average molecular weight is 464 g/mol. The summed E-state index contributed by atoms with van der Waals surface area (Å²) in [7, 11) is 0. The molecular formula is C26H17N5O2S. The fourth-order valence-corrected chi connectivity index (χ4v) is 5.21.